The Hall–Kier alpha value is -1.75. The van der Waals surface area contributed by atoms with Crippen molar-refractivity contribution in [3.05, 3.63) is 23.8 Å². The molecule has 0 spiro atoms. The van der Waals surface area contributed by atoms with Gasteiger partial charge < -0.3 is 20.3 Å². The van der Waals surface area contributed by atoms with Crippen molar-refractivity contribution in [1.82, 2.24) is 0 Å². The summed E-state index contributed by atoms with van der Waals surface area (Å²) in [6.07, 6.45) is 1.56. The lowest BCUT2D eigenvalue weighted by Gasteiger charge is -2.26. The monoisotopic (exact) mass is 293 g/mol. The van der Waals surface area contributed by atoms with Crippen molar-refractivity contribution in [2.24, 2.45) is 11.1 Å². The van der Waals surface area contributed by atoms with Crippen LogP contribution in [0.1, 0.15) is 44.7 Å². The number of rotatable bonds is 5. The Labute approximate surface area is 125 Å². The summed E-state index contributed by atoms with van der Waals surface area (Å²) in [5.41, 5.74) is 6.83. The van der Waals surface area contributed by atoms with Gasteiger partial charge in [-0.15, -0.1) is 0 Å². The van der Waals surface area contributed by atoms with Crippen LogP contribution in [0, 0.1) is 5.41 Å². The predicted molar refractivity (Wildman–Crippen MR) is 79.6 cm³/mol. The van der Waals surface area contributed by atoms with Crippen LogP contribution in [0.25, 0.3) is 0 Å². The summed E-state index contributed by atoms with van der Waals surface area (Å²) in [6.45, 7) is 5.13. The van der Waals surface area contributed by atoms with Gasteiger partial charge in [0.15, 0.2) is 11.5 Å². The molecule has 21 heavy (non-hydrogen) atoms. The first-order valence-electron chi connectivity index (χ1n) is 7.24. The standard InChI is InChI=1S/C16H23NO4/c1-16(2,10-15(18)19)9-12(17)11-4-5-13-14(8-11)21-7-3-6-20-13/h4-5,8,12H,3,6-7,9-10,17H2,1-2H3,(H,18,19). The molecule has 2 rings (SSSR count). The summed E-state index contributed by atoms with van der Waals surface area (Å²) in [4.78, 5) is 10.9. The molecule has 1 heterocycles. The number of benzene rings is 1. The first-order chi connectivity index (χ1) is 9.87. The van der Waals surface area contributed by atoms with E-state index in [2.05, 4.69) is 0 Å². The maximum Gasteiger partial charge on any atom is 0.303 e. The summed E-state index contributed by atoms with van der Waals surface area (Å²) in [5.74, 6) is 0.663. The topological polar surface area (TPSA) is 81.8 Å². The number of ether oxygens (including phenoxy) is 2. The third-order valence-corrected chi connectivity index (χ3v) is 3.60. The Morgan fingerprint density at radius 3 is 2.67 bits per heavy atom. The number of carboxylic acid groups (broad SMARTS) is 1. The van der Waals surface area contributed by atoms with E-state index in [1.807, 2.05) is 32.0 Å². The molecule has 0 saturated carbocycles. The minimum absolute atomic E-state index is 0.102. The van der Waals surface area contributed by atoms with Crippen LogP contribution >= 0.6 is 0 Å². The van der Waals surface area contributed by atoms with Crippen LogP contribution in [0.5, 0.6) is 11.5 Å². The van der Waals surface area contributed by atoms with Crippen molar-refractivity contribution >= 4 is 5.97 Å². The quantitative estimate of drug-likeness (QED) is 0.872. The highest BCUT2D eigenvalue weighted by atomic mass is 16.5. The lowest BCUT2D eigenvalue weighted by Crippen LogP contribution is -2.24. The van der Waals surface area contributed by atoms with Gasteiger partial charge in [0.25, 0.3) is 0 Å². The first kappa shape index (κ1) is 15.6. The molecule has 5 heteroatoms. The molecule has 1 unspecified atom stereocenters. The normalized spacial score (nSPS) is 16.1. The molecule has 5 nitrogen and oxygen atoms in total. The molecule has 0 bridgehead atoms. The van der Waals surface area contributed by atoms with Crippen molar-refractivity contribution in [1.29, 1.82) is 0 Å². The van der Waals surface area contributed by atoms with Gasteiger partial charge in [0.05, 0.1) is 19.6 Å². The number of fused-ring (bicyclic) bond motifs is 1. The van der Waals surface area contributed by atoms with Crippen LogP contribution < -0.4 is 15.2 Å². The highest BCUT2D eigenvalue weighted by Crippen LogP contribution is 2.36. The van der Waals surface area contributed by atoms with Crippen molar-refractivity contribution < 1.29 is 19.4 Å². The van der Waals surface area contributed by atoms with E-state index in [4.69, 9.17) is 20.3 Å². The average Bonchev–Trinajstić information content (AvgIpc) is 2.60. The second kappa shape index (κ2) is 6.35. The highest BCUT2D eigenvalue weighted by Gasteiger charge is 2.26. The number of carbonyl (C=O) groups is 1. The molecule has 0 fully saturated rings. The molecular formula is C16H23NO4. The zero-order valence-electron chi connectivity index (χ0n) is 12.6. The smallest absolute Gasteiger partial charge is 0.303 e. The molecule has 1 atom stereocenters. The first-order valence-corrected chi connectivity index (χ1v) is 7.24. The molecule has 1 aliphatic rings. The average molecular weight is 293 g/mol. The zero-order valence-corrected chi connectivity index (χ0v) is 12.6. The Balaban J connectivity index is 2.10. The van der Waals surface area contributed by atoms with Gasteiger partial charge in [-0.05, 0) is 29.5 Å². The van der Waals surface area contributed by atoms with E-state index in [0.717, 1.165) is 23.5 Å². The predicted octanol–water partition coefficient (Wildman–Crippen LogP) is 2.74. The maximum atomic E-state index is 10.9. The molecule has 0 aliphatic carbocycles. The second-order valence-corrected chi connectivity index (χ2v) is 6.30. The number of hydrogen-bond acceptors (Lipinski definition) is 4. The molecule has 1 aromatic rings. The van der Waals surface area contributed by atoms with Crippen LogP contribution in [0.4, 0.5) is 0 Å². The fraction of sp³-hybridized carbons (Fsp3) is 0.562. The number of hydrogen-bond donors (Lipinski definition) is 2. The molecule has 0 aromatic heterocycles. The van der Waals surface area contributed by atoms with Gasteiger partial charge in [0.1, 0.15) is 0 Å². The number of nitrogens with two attached hydrogens (primary N) is 1. The molecule has 0 radical (unpaired) electrons. The summed E-state index contributed by atoms with van der Waals surface area (Å²) in [7, 11) is 0. The van der Waals surface area contributed by atoms with E-state index >= 15 is 0 Å². The van der Waals surface area contributed by atoms with Gasteiger partial charge in [-0.3, -0.25) is 4.79 Å². The molecule has 0 saturated heterocycles. The van der Waals surface area contributed by atoms with Gasteiger partial charge in [0, 0.05) is 12.5 Å². The van der Waals surface area contributed by atoms with E-state index in [1.54, 1.807) is 0 Å². The summed E-state index contributed by atoms with van der Waals surface area (Å²) in [6, 6.07) is 5.48. The molecule has 0 amide bonds. The molecular weight excluding hydrogens is 270 g/mol. The largest absolute Gasteiger partial charge is 0.490 e. The van der Waals surface area contributed by atoms with Gasteiger partial charge >= 0.3 is 5.97 Å². The summed E-state index contributed by atoms with van der Waals surface area (Å²) < 4.78 is 11.3. The molecule has 1 aromatic carbocycles. The maximum absolute atomic E-state index is 10.9. The van der Waals surface area contributed by atoms with Crippen molar-refractivity contribution in [2.75, 3.05) is 13.2 Å². The van der Waals surface area contributed by atoms with E-state index in [9.17, 15) is 4.79 Å². The van der Waals surface area contributed by atoms with Crippen LogP contribution in [0.2, 0.25) is 0 Å². The van der Waals surface area contributed by atoms with Crippen molar-refractivity contribution in [3.8, 4) is 11.5 Å². The Morgan fingerprint density at radius 1 is 1.33 bits per heavy atom. The SMILES string of the molecule is CC(C)(CC(=O)O)CC(N)c1ccc2c(c1)OCCCO2. The van der Waals surface area contributed by atoms with Crippen LogP contribution in [-0.4, -0.2) is 24.3 Å². The van der Waals surface area contributed by atoms with Gasteiger partial charge in [-0.25, -0.2) is 0 Å². The highest BCUT2D eigenvalue weighted by molar-refractivity contribution is 5.67. The van der Waals surface area contributed by atoms with Crippen molar-refractivity contribution in [2.45, 2.75) is 39.2 Å². The Morgan fingerprint density at radius 2 is 2.00 bits per heavy atom. The van der Waals surface area contributed by atoms with E-state index in [1.165, 1.54) is 0 Å². The zero-order chi connectivity index (χ0) is 15.5. The number of carboxylic acids is 1. The van der Waals surface area contributed by atoms with Crippen LogP contribution in [0.3, 0.4) is 0 Å². The van der Waals surface area contributed by atoms with E-state index < -0.39 is 5.97 Å². The lowest BCUT2D eigenvalue weighted by molar-refractivity contribution is -0.139. The summed E-state index contributed by atoms with van der Waals surface area (Å²) in [5, 5.41) is 8.94. The van der Waals surface area contributed by atoms with Crippen LogP contribution in [-0.2, 0) is 4.79 Å². The second-order valence-electron chi connectivity index (χ2n) is 6.30. The van der Waals surface area contributed by atoms with Gasteiger partial charge in [-0.1, -0.05) is 19.9 Å². The molecule has 1 aliphatic heterocycles. The summed E-state index contributed by atoms with van der Waals surface area (Å²) >= 11 is 0. The fourth-order valence-electron chi connectivity index (χ4n) is 2.61. The molecule has 116 valence electrons. The lowest BCUT2D eigenvalue weighted by atomic mass is 9.81. The third-order valence-electron chi connectivity index (χ3n) is 3.60. The minimum Gasteiger partial charge on any atom is -0.490 e. The van der Waals surface area contributed by atoms with Crippen molar-refractivity contribution in [3.63, 3.8) is 0 Å². The van der Waals surface area contributed by atoms with Gasteiger partial charge in [-0.2, -0.15) is 0 Å². The molecule has 3 N–H and O–H groups in total. The Bertz CT molecular complexity index is 513. The fourth-order valence-corrected chi connectivity index (χ4v) is 2.61. The van der Waals surface area contributed by atoms with E-state index in [0.29, 0.717) is 19.6 Å². The Kier molecular flexibility index (Phi) is 4.73. The van der Waals surface area contributed by atoms with E-state index in [-0.39, 0.29) is 17.9 Å². The number of aliphatic carboxylic acids is 1. The van der Waals surface area contributed by atoms with Gasteiger partial charge in [0.2, 0.25) is 0 Å². The van der Waals surface area contributed by atoms with Crippen LogP contribution in [0.15, 0.2) is 18.2 Å². The third kappa shape index (κ3) is 4.36. The minimum atomic E-state index is -0.800.